The van der Waals surface area contributed by atoms with Gasteiger partial charge in [0.1, 0.15) is 0 Å². The van der Waals surface area contributed by atoms with E-state index in [0.717, 1.165) is 40.0 Å². The van der Waals surface area contributed by atoms with Crippen LogP contribution < -0.4 is 5.32 Å². The van der Waals surface area contributed by atoms with E-state index in [1.54, 1.807) is 6.20 Å². The van der Waals surface area contributed by atoms with Crippen LogP contribution >= 0.6 is 11.3 Å². The fourth-order valence-corrected chi connectivity index (χ4v) is 3.12. The topological polar surface area (TPSA) is 68.0 Å². The van der Waals surface area contributed by atoms with Crippen molar-refractivity contribution in [3.05, 3.63) is 60.8 Å². The number of nitrogens with zero attached hydrogens (tertiary/aromatic N) is 5. The molecular formula is C16H14N6S. The van der Waals surface area contributed by atoms with Gasteiger partial charge >= 0.3 is 0 Å². The van der Waals surface area contributed by atoms with E-state index in [1.807, 2.05) is 53.4 Å². The predicted molar refractivity (Wildman–Crippen MR) is 90.5 cm³/mol. The molecule has 0 unspecified atom stereocenters. The molecule has 0 aliphatic heterocycles. The predicted octanol–water partition coefficient (Wildman–Crippen LogP) is 2.90. The smallest absolute Gasteiger partial charge is 0.214 e. The van der Waals surface area contributed by atoms with Crippen LogP contribution in [0, 0.1) is 0 Å². The number of aromatic nitrogens is 5. The molecule has 0 aliphatic rings. The van der Waals surface area contributed by atoms with Crippen LogP contribution in [0.2, 0.25) is 0 Å². The van der Waals surface area contributed by atoms with Crippen LogP contribution in [0.25, 0.3) is 16.2 Å². The molecule has 1 N–H and O–H groups in total. The molecule has 4 aromatic rings. The first-order chi connectivity index (χ1) is 11.4. The lowest BCUT2D eigenvalue weighted by atomic mass is 10.2. The maximum Gasteiger partial charge on any atom is 0.214 e. The molecular weight excluding hydrogens is 308 g/mol. The summed E-state index contributed by atoms with van der Waals surface area (Å²) in [5.41, 5.74) is 3.02. The lowest BCUT2D eigenvalue weighted by molar-refractivity contribution is 0.931. The Balaban J connectivity index is 1.50. The highest BCUT2D eigenvalue weighted by atomic mass is 32.1. The number of rotatable bonds is 5. The van der Waals surface area contributed by atoms with Crippen LogP contribution in [-0.2, 0) is 6.42 Å². The molecule has 0 fully saturated rings. The van der Waals surface area contributed by atoms with Crippen LogP contribution in [-0.4, -0.2) is 31.1 Å². The van der Waals surface area contributed by atoms with Gasteiger partial charge < -0.3 is 5.32 Å². The molecule has 7 heteroatoms. The van der Waals surface area contributed by atoms with E-state index in [9.17, 15) is 0 Å². The molecule has 114 valence electrons. The van der Waals surface area contributed by atoms with E-state index >= 15 is 0 Å². The van der Waals surface area contributed by atoms with Gasteiger partial charge in [0.15, 0.2) is 0 Å². The van der Waals surface area contributed by atoms with Crippen LogP contribution in [0.4, 0.5) is 5.13 Å². The number of imidazole rings is 1. The number of anilines is 1. The van der Waals surface area contributed by atoms with Crippen molar-refractivity contribution >= 4 is 21.4 Å². The Morgan fingerprint density at radius 2 is 2.04 bits per heavy atom. The molecule has 6 nitrogen and oxygen atoms in total. The van der Waals surface area contributed by atoms with Gasteiger partial charge in [-0.2, -0.15) is 0 Å². The number of nitrogens with one attached hydrogen (secondary N) is 1. The van der Waals surface area contributed by atoms with Crippen molar-refractivity contribution in [2.45, 2.75) is 6.42 Å². The fraction of sp³-hybridized carbons (Fsp3) is 0.125. The molecule has 0 saturated heterocycles. The molecule has 4 heterocycles. The minimum atomic E-state index is 0.788. The van der Waals surface area contributed by atoms with Crippen LogP contribution in [0.1, 0.15) is 5.69 Å². The molecule has 0 radical (unpaired) electrons. The maximum absolute atomic E-state index is 4.59. The van der Waals surface area contributed by atoms with Gasteiger partial charge in [0.2, 0.25) is 10.1 Å². The highest BCUT2D eigenvalue weighted by Crippen LogP contribution is 2.25. The largest absolute Gasteiger partial charge is 0.360 e. The van der Waals surface area contributed by atoms with Crippen molar-refractivity contribution in [2.75, 3.05) is 11.9 Å². The summed E-state index contributed by atoms with van der Waals surface area (Å²) < 4.78 is 1.85. The standard InChI is InChI=1S/C16H14N6S/c1-2-8-18-13(5-1)6-9-19-15-21-22-14(11-20-16(22)23-15)12-4-3-7-17-10-12/h1-5,7-8,10-11H,6,9H2,(H,19,21). The number of hydrogen-bond donors (Lipinski definition) is 1. The van der Waals surface area contributed by atoms with Gasteiger partial charge in [-0.25, -0.2) is 9.50 Å². The molecule has 0 amide bonds. The van der Waals surface area contributed by atoms with Gasteiger partial charge in [-0.1, -0.05) is 17.4 Å². The summed E-state index contributed by atoms with van der Waals surface area (Å²) >= 11 is 1.54. The summed E-state index contributed by atoms with van der Waals surface area (Å²) in [6, 6.07) is 9.86. The zero-order chi connectivity index (χ0) is 15.5. The second-order valence-electron chi connectivity index (χ2n) is 4.98. The lowest BCUT2D eigenvalue weighted by Crippen LogP contribution is -2.06. The highest BCUT2D eigenvalue weighted by Gasteiger charge is 2.11. The summed E-state index contributed by atoms with van der Waals surface area (Å²) in [6.07, 6.45) is 8.07. The molecule has 0 aromatic carbocycles. The van der Waals surface area contributed by atoms with Crippen molar-refractivity contribution < 1.29 is 0 Å². The highest BCUT2D eigenvalue weighted by molar-refractivity contribution is 7.20. The van der Waals surface area contributed by atoms with Gasteiger partial charge in [-0.15, -0.1) is 5.10 Å². The zero-order valence-electron chi connectivity index (χ0n) is 12.3. The first-order valence-corrected chi connectivity index (χ1v) is 8.10. The minimum Gasteiger partial charge on any atom is -0.360 e. The minimum absolute atomic E-state index is 0.788. The third kappa shape index (κ3) is 2.91. The van der Waals surface area contributed by atoms with Crippen molar-refractivity contribution in [3.63, 3.8) is 0 Å². The van der Waals surface area contributed by atoms with E-state index < -0.39 is 0 Å². The Bertz CT molecular complexity index is 900. The van der Waals surface area contributed by atoms with Gasteiger partial charge in [0.25, 0.3) is 0 Å². The van der Waals surface area contributed by atoms with Crippen molar-refractivity contribution in [1.29, 1.82) is 0 Å². The number of pyridine rings is 2. The van der Waals surface area contributed by atoms with Crippen LogP contribution in [0.5, 0.6) is 0 Å². The SMILES string of the molecule is c1ccc(CCNc2nn3c(-c4cccnc4)cnc3s2)nc1. The molecule has 0 aliphatic carbocycles. The normalized spacial score (nSPS) is 11.0. The van der Waals surface area contributed by atoms with Gasteiger partial charge in [0.05, 0.1) is 11.9 Å². The summed E-state index contributed by atoms with van der Waals surface area (Å²) in [7, 11) is 0. The Labute approximate surface area is 136 Å². The van der Waals surface area contributed by atoms with E-state index in [1.165, 1.54) is 11.3 Å². The summed E-state index contributed by atoms with van der Waals surface area (Å²) in [5.74, 6) is 0. The fourth-order valence-electron chi connectivity index (χ4n) is 2.32. The quantitative estimate of drug-likeness (QED) is 0.612. The number of fused-ring (bicyclic) bond motifs is 1. The second-order valence-corrected chi connectivity index (χ2v) is 5.94. The Morgan fingerprint density at radius 1 is 1.04 bits per heavy atom. The van der Waals surface area contributed by atoms with Crippen LogP contribution in [0.15, 0.2) is 55.1 Å². The van der Waals surface area contributed by atoms with E-state index in [2.05, 4.69) is 25.4 Å². The summed E-state index contributed by atoms with van der Waals surface area (Å²) in [6.45, 7) is 0.788. The third-order valence-corrected chi connectivity index (χ3v) is 4.31. The van der Waals surface area contributed by atoms with E-state index in [-0.39, 0.29) is 0 Å². The molecule has 0 saturated carbocycles. The Kier molecular flexibility index (Phi) is 3.69. The van der Waals surface area contributed by atoms with Gasteiger partial charge in [0, 0.05) is 42.8 Å². The molecule has 0 atom stereocenters. The van der Waals surface area contributed by atoms with Gasteiger partial charge in [-0.05, 0) is 24.3 Å². The van der Waals surface area contributed by atoms with Crippen molar-refractivity contribution in [3.8, 4) is 11.3 Å². The first-order valence-electron chi connectivity index (χ1n) is 7.29. The number of hydrogen-bond acceptors (Lipinski definition) is 6. The molecule has 23 heavy (non-hydrogen) atoms. The summed E-state index contributed by atoms with van der Waals surface area (Å²) in [4.78, 5) is 13.8. The first kappa shape index (κ1) is 13.8. The van der Waals surface area contributed by atoms with Crippen molar-refractivity contribution in [2.24, 2.45) is 0 Å². The maximum atomic E-state index is 4.59. The lowest BCUT2D eigenvalue weighted by Gasteiger charge is -2.01. The molecule has 4 rings (SSSR count). The average molecular weight is 322 g/mol. The Morgan fingerprint density at radius 3 is 2.87 bits per heavy atom. The molecule has 0 bridgehead atoms. The van der Waals surface area contributed by atoms with E-state index in [4.69, 9.17) is 0 Å². The molecule has 4 aromatic heterocycles. The summed E-state index contributed by atoms with van der Waals surface area (Å²) in [5, 5.41) is 8.79. The Hall–Kier alpha value is -2.80. The monoisotopic (exact) mass is 322 g/mol. The molecule has 0 spiro atoms. The second kappa shape index (κ2) is 6.13. The van der Waals surface area contributed by atoms with E-state index in [0.29, 0.717) is 0 Å². The zero-order valence-corrected chi connectivity index (χ0v) is 13.1. The van der Waals surface area contributed by atoms with Gasteiger partial charge in [-0.3, -0.25) is 9.97 Å². The van der Waals surface area contributed by atoms with Crippen LogP contribution in [0.3, 0.4) is 0 Å². The average Bonchev–Trinajstić information content (AvgIpc) is 3.17. The third-order valence-electron chi connectivity index (χ3n) is 3.43. The van der Waals surface area contributed by atoms with Crippen molar-refractivity contribution in [1.82, 2.24) is 24.6 Å².